The van der Waals surface area contributed by atoms with Gasteiger partial charge in [0.1, 0.15) is 5.82 Å². The molecular formula is C9H13N5. The van der Waals surface area contributed by atoms with Crippen molar-refractivity contribution < 1.29 is 0 Å². The van der Waals surface area contributed by atoms with Crippen molar-refractivity contribution in [2.24, 2.45) is 0 Å². The minimum Gasteiger partial charge on any atom is -0.397 e. The van der Waals surface area contributed by atoms with Gasteiger partial charge in [-0.15, -0.1) is 0 Å². The number of nitrogens with one attached hydrogen (secondary N) is 1. The molecule has 5 nitrogen and oxygen atoms in total. The van der Waals surface area contributed by atoms with Crippen LogP contribution in [-0.2, 0) is 6.54 Å². The van der Waals surface area contributed by atoms with Crippen molar-refractivity contribution in [1.82, 2.24) is 19.9 Å². The molecular weight excluding hydrogens is 178 g/mol. The van der Waals surface area contributed by atoms with E-state index in [9.17, 15) is 0 Å². The standard InChI is InChI=1S/C9H13N5/c1-14(2)5-8-12-7-3-6(10)4-11-9(7)13-8/h3-4H,5,10H2,1-2H3,(H,11,12,13). The Morgan fingerprint density at radius 1 is 1.50 bits per heavy atom. The molecule has 0 aliphatic rings. The summed E-state index contributed by atoms with van der Waals surface area (Å²) in [5.41, 5.74) is 7.87. The molecule has 2 rings (SSSR count). The lowest BCUT2D eigenvalue weighted by molar-refractivity contribution is 0.392. The number of hydrogen-bond donors (Lipinski definition) is 2. The molecule has 0 bridgehead atoms. The van der Waals surface area contributed by atoms with Gasteiger partial charge in [0, 0.05) is 0 Å². The normalized spacial score (nSPS) is 11.4. The first-order chi connectivity index (χ1) is 6.65. The van der Waals surface area contributed by atoms with Gasteiger partial charge in [0.2, 0.25) is 0 Å². The molecule has 14 heavy (non-hydrogen) atoms. The maximum absolute atomic E-state index is 5.61. The van der Waals surface area contributed by atoms with Gasteiger partial charge < -0.3 is 15.6 Å². The summed E-state index contributed by atoms with van der Waals surface area (Å²) < 4.78 is 0. The number of aromatic nitrogens is 3. The Morgan fingerprint density at radius 2 is 2.29 bits per heavy atom. The molecule has 0 saturated heterocycles. The van der Waals surface area contributed by atoms with Crippen LogP contribution >= 0.6 is 0 Å². The van der Waals surface area contributed by atoms with E-state index < -0.39 is 0 Å². The van der Waals surface area contributed by atoms with E-state index in [0.717, 1.165) is 23.5 Å². The van der Waals surface area contributed by atoms with Crippen LogP contribution in [-0.4, -0.2) is 33.9 Å². The molecule has 0 aliphatic carbocycles. The predicted octanol–water partition coefficient (Wildman–Crippen LogP) is 0.602. The molecule has 0 unspecified atom stereocenters. The molecule has 0 radical (unpaired) electrons. The van der Waals surface area contributed by atoms with Crippen LogP contribution in [0.25, 0.3) is 11.2 Å². The van der Waals surface area contributed by atoms with Crippen LogP contribution in [0.4, 0.5) is 5.69 Å². The summed E-state index contributed by atoms with van der Waals surface area (Å²) in [6.07, 6.45) is 1.61. The zero-order valence-electron chi connectivity index (χ0n) is 8.28. The highest BCUT2D eigenvalue weighted by molar-refractivity contribution is 5.73. The summed E-state index contributed by atoms with van der Waals surface area (Å²) in [6, 6.07) is 1.84. The van der Waals surface area contributed by atoms with Gasteiger partial charge in [-0.25, -0.2) is 9.97 Å². The van der Waals surface area contributed by atoms with Gasteiger partial charge in [-0.2, -0.15) is 0 Å². The van der Waals surface area contributed by atoms with Gasteiger partial charge in [-0.3, -0.25) is 0 Å². The Labute approximate surface area is 82.0 Å². The van der Waals surface area contributed by atoms with E-state index in [2.05, 4.69) is 15.0 Å². The fraction of sp³-hybridized carbons (Fsp3) is 0.333. The summed E-state index contributed by atoms with van der Waals surface area (Å²) in [5.74, 6) is 0.906. The topological polar surface area (TPSA) is 70.8 Å². The average Bonchev–Trinajstić information content (AvgIpc) is 2.44. The smallest absolute Gasteiger partial charge is 0.177 e. The minimum absolute atomic E-state index is 0.651. The molecule has 74 valence electrons. The number of anilines is 1. The molecule has 0 aromatic carbocycles. The van der Waals surface area contributed by atoms with Crippen LogP contribution < -0.4 is 5.73 Å². The first-order valence-electron chi connectivity index (χ1n) is 4.40. The zero-order valence-corrected chi connectivity index (χ0v) is 8.28. The molecule has 2 heterocycles. The first-order valence-corrected chi connectivity index (χ1v) is 4.40. The Kier molecular flexibility index (Phi) is 2.09. The maximum atomic E-state index is 5.61. The van der Waals surface area contributed by atoms with E-state index in [0.29, 0.717) is 5.69 Å². The van der Waals surface area contributed by atoms with E-state index in [4.69, 9.17) is 5.73 Å². The molecule has 0 amide bonds. The highest BCUT2D eigenvalue weighted by Gasteiger charge is 2.04. The lowest BCUT2D eigenvalue weighted by Crippen LogP contribution is -2.11. The van der Waals surface area contributed by atoms with Crippen molar-refractivity contribution >= 4 is 16.9 Å². The molecule has 2 aromatic heterocycles. The number of nitrogens with two attached hydrogens (primary N) is 1. The van der Waals surface area contributed by atoms with Crippen LogP contribution in [0, 0.1) is 0 Å². The van der Waals surface area contributed by atoms with Gasteiger partial charge in [0.05, 0.1) is 23.9 Å². The molecule has 0 aliphatic heterocycles. The fourth-order valence-corrected chi connectivity index (χ4v) is 1.34. The van der Waals surface area contributed by atoms with Crippen molar-refractivity contribution in [3.63, 3.8) is 0 Å². The van der Waals surface area contributed by atoms with E-state index in [1.54, 1.807) is 6.20 Å². The molecule has 0 fully saturated rings. The number of imidazole rings is 1. The van der Waals surface area contributed by atoms with Crippen molar-refractivity contribution in [3.8, 4) is 0 Å². The molecule has 0 spiro atoms. The van der Waals surface area contributed by atoms with Gasteiger partial charge in [0.25, 0.3) is 0 Å². The summed E-state index contributed by atoms with van der Waals surface area (Å²) in [4.78, 5) is 13.7. The van der Waals surface area contributed by atoms with E-state index in [1.165, 1.54) is 0 Å². The SMILES string of the molecule is CN(C)Cc1nc2ncc(N)cc2[nH]1. The minimum atomic E-state index is 0.651. The Morgan fingerprint density at radius 3 is 3.00 bits per heavy atom. The number of hydrogen-bond acceptors (Lipinski definition) is 4. The third-order valence-corrected chi connectivity index (χ3v) is 1.87. The first kappa shape index (κ1) is 8.96. The van der Waals surface area contributed by atoms with E-state index >= 15 is 0 Å². The van der Waals surface area contributed by atoms with Crippen molar-refractivity contribution in [2.45, 2.75) is 6.54 Å². The average molecular weight is 191 g/mol. The monoisotopic (exact) mass is 191 g/mol. The lowest BCUT2D eigenvalue weighted by atomic mass is 10.4. The second-order valence-electron chi connectivity index (χ2n) is 3.56. The van der Waals surface area contributed by atoms with Crippen LogP contribution in [0.15, 0.2) is 12.3 Å². The predicted molar refractivity (Wildman–Crippen MR) is 55.7 cm³/mol. The summed E-state index contributed by atoms with van der Waals surface area (Å²) in [5, 5.41) is 0. The van der Waals surface area contributed by atoms with Crippen LogP contribution in [0.2, 0.25) is 0 Å². The Hall–Kier alpha value is -1.62. The van der Waals surface area contributed by atoms with Crippen molar-refractivity contribution in [1.29, 1.82) is 0 Å². The van der Waals surface area contributed by atoms with Gasteiger partial charge >= 0.3 is 0 Å². The number of nitrogen functional groups attached to an aromatic ring is 1. The number of pyridine rings is 1. The van der Waals surface area contributed by atoms with Crippen LogP contribution in [0.1, 0.15) is 5.82 Å². The number of H-pyrrole nitrogens is 1. The molecule has 2 aromatic rings. The molecule has 0 saturated carbocycles. The number of fused-ring (bicyclic) bond motifs is 1. The van der Waals surface area contributed by atoms with E-state index in [-0.39, 0.29) is 0 Å². The highest BCUT2D eigenvalue weighted by Crippen LogP contribution is 2.12. The summed E-state index contributed by atoms with van der Waals surface area (Å²) >= 11 is 0. The van der Waals surface area contributed by atoms with Gasteiger partial charge in [-0.1, -0.05) is 0 Å². The quantitative estimate of drug-likeness (QED) is 0.729. The van der Waals surface area contributed by atoms with Gasteiger partial charge in [0.15, 0.2) is 5.65 Å². The zero-order chi connectivity index (χ0) is 10.1. The number of nitrogens with zero attached hydrogens (tertiary/aromatic N) is 3. The summed E-state index contributed by atoms with van der Waals surface area (Å²) in [7, 11) is 3.99. The summed E-state index contributed by atoms with van der Waals surface area (Å²) in [6.45, 7) is 0.774. The highest BCUT2D eigenvalue weighted by atomic mass is 15.1. The van der Waals surface area contributed by atoms with Crippen molar-refractivity contribution in [2.75, 3.05) is 19.8 Å². The third kappa shape index (κ3) is 1.67. The number of rotatable bonds is 2. The van der Waals surface area contributed by atoms with Crippen LogP contribution in [0.3, 0.4) is 0 Å². The largest absolute Gasteiger partial charge is 0.397 e. The van der Waals surface area contributed by atoms with E-state index in [1.807, 2.05) is 25.1 Å². The Bertz CT molecular complexity index is 445. The Balaban J connectivity index is 2.41. The molecule has 0 atom stereocenters. The van der Waals surface area contributed by atoms with Gasteiger partial charge in [-0.05, 0) is 20.2 Å². The maximum Gasteiger partial charge on any atom is 0.177 e. The number of aromatic amines is 1. The fourth-order valence-electron chi connectivity index (χ4n) is 1.34. The lowest BCUT2D eigenvalue weighted by Gasteiger charge is -2.04. The van der Waals surface area contributed by atoms with Crippen molar-refractivity contribution in [3.05, 3.63) is 18.1 Å². The van der Waals surface area contributed by atoms with Crippen LogP contribution in [0.5, 0.6) is 0 Å². The molecule has 3 N–H and O–H groups in total. The second-order valence-corrected chi connectivity index (χ2v) is 3.56. The molecule has 5 heteroatoms. The third-order valence-electron chi connectivity index (χ3n) is 1.87. The second kappa shape index (κ2) is 3.26.